The third-order valence-electron chi connectivity index (χ3n) is 4.99. The zero-order valence-corrected chi connectivity index (χ0v) is 16.2. The maximum atomic E-state index is 14.1. The van der Waals surface area contributed by atoms with E-state index in [4.69, 9.17) is 4.74 Å². The van der Waals surface area contributed by atoms with Gasteiger partial charge in [0.05, 0.1) is 7.11 Å². The van der Waals surface area contributed by atoms with E-state index in [1.165, 1.54) is 6.07 Å². The van der Waals surface area contributed by atoms with Crippen LogP contribution in [0.4, 0.5) is 8.78 Å². The average molecular weight is 402 g/mol. The Morgan fingerprint density at radius 3 is 2.86 bits per heavy atom. The molecule has 0 bridgehead atoms. The molecule has 0 spiro atoms. The number of nitrogens with one attached hydrogen (secondary N) is 1. The molecule has 0 saturated carbocycles. The first-order chi connectivity index (χ1) is 13.5. The van der Waals surface area contributed by atoms with E-state index >= 15 is 0 Å². The number of carbonyl (C=O) groups is 1. The van der Waals surface area contributed by atoms with Crippen molar-refractivity contribution in [2.45, 2.75) is 11.7 Å². The van der Waals surface area contributed by atoms with Gasteiger partial charge in [0.1, 0.15) is 23.1 Å². The summed E-state index contributed by atoms with van der Waals surface area (Å²) in [5.41, 5.74) is 1.73. The van der Waals surface area contributed by atoms with Gasteiger partial charge in [0.2, 0.25) is 0 Å². The third kappa shape index (κ3) is 3.71. The first-order valence-electron chi connectivity index (χ1n) is 9.08. The Labute approximate surface area is 165 Å². The van der Waals surface area contributed by atoms with Crippen molar-refractivity contribution in [1.82, 2.24) is 9.88 Å². The lowest BCUT2D eigenvalue weighted by atomic mass is 10.1. The molecular weight excluding hydrogens is 382 g/mol. The van der Waals surface area contributed by atoms with Crippen LogP contribution in [0.25, 0.3) is 10.9 Å². The molecule has 1 amide bonds. The topological polar surface area (TPSA) is 45.3 Å². The van der Waals surface area contributed by atoms with E-state index in [1.807, 2.05) is 24.3 Å². The molecule has 7 heteroatoms. The highest BCUT2D eigenvalue weighted by atomic mass is 32.2. The fourth-order valence-corrected chi connectivity index (χ4v) is 4.74. The lowest BCUT2D eigenvalue weighted by Crippen LogP contribution is -2.33. The van der Waals surface area contributed by atoms with Crippen molar-refractivity contribution in [1.29, 1.82) is 0 Å². The second-order valence-electron chi connectivity index (χ2n) is 6.74. The summed E-state index contributed by atoms with van der Waals surface area (Å²) in [7, 11) is 1.60. The summed E-state index contributed by atoms with van der Waals surface area (Å²) in [6, 6.07) is 11.0. The molecule has 1 aliphatic rings. The Bertz CT molecular complexity index is 1020. The second-order valence-corrected chi connectivity index (χ2v) is 8.05. The first kappa shape index (κ1) is 18.8. The van der Waals surface area contributed by atoms with Crippen LogP contribution in [-0.2, 0) is 0 Å². The number of rotatable bonds is 3. The van der Waals surface area contributed by atoms with E-state index in [0.29, 0.717) is 36.5 Å². The molecule has 4 nitrogen and oxygen atoms in total. The maximum Gasteiger partial charge on any atom is 0.270 e. The molecule has 146 valence electrons. The van der Waals surface area contributed by atoms with Gasteiger partial charge in [-0.2, -0.15) is 11.8 Å². The van der Waals surface area contributed by atoms with Crippen molar-refractivity contribution in [3.8, 4) is 5.75 Å². The summed E-state index contributed by atoms with van der Waals surface area (Å²) in [5, 5.41) is 0.772. The van der Waals surface area contributed by atoms with E-state index in [2.05, 4.69) is 4.98 Å². The molecule has 0 radical (unpaired) electrons. The van der Waals surface area contributed by atoms with Crippen LogP contribution in [0.2, 0.25) is 0 Å². The number of benzene rings is 2. The van der Waals surface area contributed by atoms with Gasteiger partial charge in [-0.25, -0.2) is 8.78 Å². The van der Waals surface area contributed by atoms with E-state index in [1.54, 1.807) is 23.8 Å². The maximum absolute atomic E-state index is 14.1. The van der Waals surface area contributed by atoms with Crippen LogP contribution < -0.4 is 4.74 Å². The number of hydrogen-bond donors (Lipinski definition) is 1. The molecule has 2 aromatic carbocycles. The minimum absolute atomic E-state index is 0.0869. The number of amides is 1. The van der Waals surface area contributed by atoms with Gasteiger partial charge < -0.3 is 14.6 Å². The molecule has 1 aliphatic heterocycles. The number of thioether (sulfide) groups is 1. The molecule has 1 aromatic heterocycles. The number of aromatic nitrogens is 1. The molecule has 1 atom stereocenters. The molecule has 1 fully saturated rings. The monoisotopic (exact) mass is 402 g/mol. The number of H-pyrrole nitrogens is 1. The number of aromatic amines is 1. The third-order valence-corrected chi connectivity index (χ3v) is 6.30. The lowest BCUT2D eigenvalue weighted by Gasteiger charge is -2.19. The largest absolute Gasteiger partial charge is 0.497 e. The van der Waals surface area contributed by atoms with E-state index in [-0.39, 0.29) is 11.2 Å². The molecule has 1 N–H and O–H groups in total. The van der Waals surface area contributed by atoms with Crippen LogP contribution in [0.1, 0.15) is 27.7 Å². The number of ether oxygens (including phenoxy) is 1. The number of fused-ring (bicyclic) bond motifs is 1. The van der Waals surface area contributed by atoms with Crippen LogP contribution in [0.3, 0.4) is 0 Å². The van der Waals surface area contributed by atoms with Gasteiger partial charge in [-0.05, 0) is 42.8 Å². The average Bonchev–Trinajstić information content (AvgIpc) is 2.98. The molecule has 1 unspecified atom stereocenters. The zero-order valence-electron chi connectivity index (χ0n) is 15.4. The molecule has 1 saturated heterocycles. The van der Waals surface area contributed by atoms with Crippen LogP contribution >= 0.6 is 11.8 Å². The molecule has 4 rings (SSSR count). The molecular formula is C21H20F2N2O2S. The standard InChI is InChI=1S/C21H20F2N2O2S/c1-27-15-4-2-13-10-19(24-18(13)12-15)21(26)25-7-6-20(28-9-8-25)16-11-14(22)3-5-17(16)23/h2-5,10-12,20,24H,6-9H2,1H3. The molecule has 28 heavy (non-hydrogen) atoms. The van der Waals surface area contributed by atoms with Crippen molar-refractivity contribution in [3.63, 3.8) is 0 Å². The number of nitrogens with zero attached hydrogens (tertiary/aromatic N) is 1. The summed E-state index contributed by atoms with van der Waals surface area (Å²) in [6.45, 7) is 1.06. The van der Waals surface area contributed by atoms with Crippen LogP contribution in [0, 0.1) is 11.6 Å². The van der Waals surface area contributed by atoms with Gasteiger partial charge in [0, 0.05) is 46.6 Å². The molecule has 2 heterocycles. The van der Waals surface area contributed by atoms with Crippen molar-refractivity contribution in [3.05, 3.63) is 65.4 Å². The first-order valence-corrected chi connectivity index (χ1v) is 10.1. The Balaban J connectivity index is 1.51. The van der Waals surface area contributed by atoms with Gasteiger partial charge in [-0.15, -0.1) is 0 Å². The van der Waals surface area contributed by atoms with Gasteiger partial charge in [0.15, 0.2) is 0 Å². The van der Waals surface area contributed by atoms with Crippen LogP contribution in [-0.4, -0.2) is 41.7 Å². The predicted molar refractivity (Wildman–Crippen MR) is 107 cm³/mol. The highest BCUT2D eigenvalue weighted by Crippen LogP contribution is 2.36. The summed E-state index contributed by atoms with van der Waals surface area (Å²) in [4.78, 5) is 17.9. The Morgan fingerprint density at radius 1 is 1.18 bits per heavy atom. The summed E-state index contributed by atoms with van der Waals surface area (Å²) >= 11 is 1.56. The highest BCUT2D eigenvalue weighted by Gasteiger charge is 2.25. The number of halogens is 2. The van der Waals surface area contributed by atoms with Gasteiger partial charge >= 0.3 is 0 Å². The van der Waals surface area contributed by atoms with Gasteiger partial charge in [-0.3, -0.25) is 4.79 Å². The normalized spacial score (nSPS) is 17.5. The van der Waals surface area contributed by atoms with E-state index < -0.39 is 11.6 Å². The minimum Gasteiger partial charge on any atom is -0.497 e. The predicted octanol–water partition coefficient (Wildman–Crippen LogP) is 4.78. The van der Waals surface area contributed by atoms with Crippen LogP contribution in [0.15, 0.2) is 42.5 Å². The molecule has 0 aliphatic carbocycles. The van der Waals surface area contributed by atoms with Crippen molar-refractivity contribution >= 4 is 28.6 Å². The van der Waals surface area contributed by atoms with Crippen molar-refractivity contribution in [2.75, 3.05) is 26.0 Å². The van der Waals surface area contributed by atoms with Crippen molar-refractivity contribution < 1.29 is 18.3 Å². The van der Waals surface area contributed by atoms with E-state index in [0.717, 1.165) is 28.8 Å². The Hall–Kier alpha value is -2.54. The van der Waals surface area contributed by atoms with E-state index in [9.17, 15) is 13.6 Å². The second kappa shape index (κ2) is 7.83. The smallest absolute Gasteiger partial charge is 0.270 e. The van der Waals surface area contributed by atoms with Gasteiger partial charge in [0.25, 0.3) is 5.91 Å². The Morgan fingerprint density at radius 2 is 2.04 bits per heavy atom. The Kier molecular flexibility index (Phi) is 5.26. The zero-order chi connectivity index (χ0) is 19.7. The molecule has 3 aromatic rings. The number of carbonyl (C=O) groups excluding carboxylic acids is 1. The van der Waals surface area contributed by atoms with Gasteiger partial charge in [-0.1, -0.05) is 0 Å². The minimum atomic E-state index is -0.442. The lowest BCUT2D eigenvalue weighted by molar-refractivity contribution is 0.0761. The number of hydrogen-bond acceptors (Lipinski definition) is 3. The number of methoxy groups -OCH3 is 1. The fraction of sp³-hybridized carbons (Fsp3) is 0.286. The summed E-state index contributed by atoms with van der Waals surface area (Å²) in [5.74, 6) is 0.460. The quantitative estimate of drug-likeness (QED) is 0.686. The summed E-state index contributed by atoms with van der Waals surface area (Å²) in [6.07, 6.45) is 0.574. The highest BCUT2D eigenvalue weighted by molar-refractivity contribution is 7.99. The SMILES string of the molecule is COc1ccc2cc(C(=O)N3CCSC(c4cc(F)ccc4F)CC3)[nH]c2c1. The van der Waals surface area contributed by atoms with Crippen LogP contribution in [0.5, 0.6) is 5.75 Å². The summed E-state index contributed by atoms with van der Waals surface area (Å²) < 4.78 is 32.9. The van der Waals surface area contributed by atoms with Crippen molar-refractivity contribution in [2.24, 2.45) is 0 Å². The fourth-order valence-electron chi connectivity index (χ4n) is 3.50.